The van der Waals surface area contributed by atoms with Crippen molar-refractivity contribution in [3.8, 4) is 22.8 Å². The van der Waals surface area contributed by atoms with E-state index < -0.39 is 0 Å². The van der Waals surface area contributed by atoms with Crippen molar-refractivity contribution in [2.24, 2.45) is 10.7 Å². The number of nitrogens with two attached hydrogens (primary N) is 1. The summed E-state index contributed by atoms with van der Waals surface area (Å²) in [4.78, 5) is 25.6. The summed E-state index contributed by atoms with van der Waals surface area (Å²) in [7, 11) is 0. The first-order valence-corrected chi connectivity index (χ1v) is 10.5. The minimum atomic E-state index is 0.0283. The lowest BCUT2D eigenvalue weighted by molar-refractivity contribution is 0.515. The fraction of sp³-hybridized carbons (Fsp3) is 0.348. The van der Waals surface area contributed by atoms with Gasteiger partial charge in [-0.3, -0.25) is 4.98 Å². The summed E-state index contributed by atoms with van der Waals surface area (Å²) in [5, 5.41) is 0. The lowest BCUT2D eigenvalue weighted by atomic mass is 10.0. The second-order valence-corrected chi connectivity index (χ2v) is 7.36. The topological polar surface area (TPSA) is 93.2 Å². The first kappa shape index (κ1) is 19.9. The Kier molecular flexibility index (Phi) is 5.70. The van der Waals surface area contributed by atoms with Crippen LogP contribution in [0, 0.1) is 0 Å². The van der Waals surface area contributed by atoms with Gasteiger partial charge in [-0.05, 0) is 19.3 Å². The van der Waals surface area contributed by atoms with Gasteiger partial charge >= 0.3 is 0 Å². The van der Waals surface area contributed by atoms with Gasteiger partial charge in [-0.15, -0.1) is 0 Å². The number of amidine groups is 1. The van der Waals surface area contributed by atoms with Crippen molar-refractivity contribution in [1.82, 2.24) is 19.9 Å². The molecule has 2 N–H and O–H groups in total. The Hall–Kier alpha value is -3.35. The molecule has 3 heterocycles. The van der Waals surface area contributed by atoms with Crippen molar-refractivity contribution in [3.05, 3.63) is 48.9 Å². The van der Waals surface area contributed by atoms with Crippen LogP contribution in [0.1, 0.15) is 40.0 Å². The number of nitrogens with zero attached hydrogens (tertiary/aromatic N) is 6. The Morgan fingerprint density at radius 2 is 1.67 bits per heavy atom. The van der Waals surface area contributed by atoms with Gasteiger partial charge in [0.05, 0.1) is 17.9 Å². The van der Waals surface area contributed by atoms with Crippen LogP contribution in [0.25, 0.3) is 22.8 Å². The summed E-state index contributed by atoms with van der Waals surface area (Å²) in [6, 6.07) is 10.3. The van der Waals surface area contributed by atoms with Crippen LogP contribution in [0.15, 0.2) is 53.9 Å². The molecule has 7 nitrogen and oxygen atoms in total. The molecule has 0 spiro atoms. The van der Waals surface area contributed by atoms with Crippen LogP contribution in [-0.2, 0) is 0 Å². The normalized spacial score (nSPS) is 15.8. The molecule has 0 bridgehead atoms. The van der Waals surface area contributed by atoms with Crippen LogP contribution < -0.4 is 10.6 Å². The first-order valence-electron chi connectivity index (χ1n) is 10.5. The van der Waals surface area contributed by atoms with Crippen molar-refractivity contribution in [3.63, 3.8) is 0 Å². The predicted octanol–water partition coefficient (Wildman–Crippen LogP) is 4.38. The molecular formula is C23H27N7. The van der Waals surface area contributed by atoms with Crippen LogP contribution in [-0.4, -0.2) is 37.9 Å². The molecule has 7 heteroatoms. The van der Waals surface area contributed by atoms with Crippen molar-refractivity contribution in [2.45, 2.75) is 52.1 Å². The Balaban J connectivity index is 1.87. The summed E-state index contributed by atoms with van der Waals surface area (Å²) in [5.41, 5.74) is 9.43. The van der Waals surface area contributed by atoms with Gasteiger partial charge in [-0.25, -0.2) is 19.9 Å². The second-order valence-electron chi connectivity index (χ2n) is 7.36. The standard InChI is InChI=1S/C23H27N7/c1-4-16(5-2)30-18(6-3)21(24)28-17-14-27-22(29-23(17)30)20-19(25-12-13-26-20)15-10-8-7-9-11-15/h7-14,16,18H,4-6H2,1-3H3,(H2,24,28)/t18-/m1/s1. The van der Waals surface area contributed by atoms with Crippen molar-refractivity contribution >= 4 is 17.3 Å². The maximum Gasteiger partial charge on any atom is 0.182 e. The number of hydrogen-bond acceptors (Lipinski definition) is 7. The zero-order chi connectivity index (χ0) is 21.1. The third kappa shape index (κ3) is 3.51. The van der Waals surface area contributed by atoms with Crippen molar-refractivity contribution < 1.29 is 0 Å². The smallest absolute Gasteiger partial charge is 0.182 e. The Bertz CT molecular complexity index is 1040. The van der Waals surface area contributed by atoms with Gasteiger partial charge in [0.25, 0.3) is 0 Å². The molecule has 30 heavy (non-hydrogen) atoms. The highest BCUT2D eigenvalue weighted by Gasteiger charge is 2.33. The van der Waals surface area contributed by atoms with Gasteiger partial charge in [-0.1, -0.05) is 51.1 Å². The lowest BCUT2D eigenvalue weighted by Gasteiger charge is -2.40. The number of rotatable bonds is 6. The van der Waals surface area contributed by atoms with E-state index in [9.17, 15) is 0 Å². The van der Waals surface area contributed by atoms with E-state index in [1.807, 2.05) is 30.3 Å². The number of fused-ring (bicyclic) bond motifs is 1. The average Bonchev–Trinajstić information content (AvgIpc) is 2.80. The zero-order valence-corrected chi connectivity index (χ0v) is 17.7. The van der Waals surface area contributed by atoms with Gasteiger partial charge in [-0.2, -0.15) is 0 Å². The summed E-state index contributed by atoms with van der Waals surface area (Å²) >= 11 is 0. The quantitative estimate of drug-likeness (QED) is 0.659. The fourth-order valence-electron chi connectivity index (χ4n) is 4.08. The maximum absolute atomic E-state index is 6.32. The Morgan fingerprint density at radius 1 is 0.967 bits per heavy atom. The summed E-state index contributed by atoms with van der Waals surface area (Å²) < 4.78 is 0. The molecule has 1 aromatic carbocycles. The second kappa shape index (κ2) is 8.57. The number of anilines is 1. The molecule has 4 rings (SSSR count). The molecule has 2 aromatic heterocycles. The van der Waals surface area contributed by atoms with Crippen LogP contribution in [0.4, 0.5) is 11.5 Å². The van der Waals surface area contributed by atoms with Crippen molar-refractivity contribution in [1.29, 1.82) is 0 Å². The first-order chi connectivity index (χ1) is 14.7. The molecule has 0 saturated heterocycles. The largest absolute Gasteiger partial charge is 0.385 e. The summed E-state index contributed by atoms with van der Waals surface area (Å²) in [5.74, 6) is 1.99. The monoisotopic (exact) mass is 401 g/mol. The SMILES string of the molecule is CCC(CC)N1c2nc(-c3nccnc3-c3ccccc3)ncc2N=C(N)[C@H]1CC. The molecule has 154 valence electrons. The van der Waals surface area contributed by atoms with E-state index in [1.54, 1.807) is 18.6 Å². The van der Waals surface area contributed by atoms with E-state index >= 15 is 0 Å². The molecule has 0 saturated carbocycles. The minimum absolute atomic E-state index is 0.0283. The number of benzene rings is 1. The minimum Gasteiger partial charge on any atom is -0.385 e. The summed E-state index contributed by atoms with van der Waals surface area (Å²) in [6.45, 7) is 6.52. The lowest BCUT2D eigenvalue weighted by Crippen LogP contribution is -2.51. The van der Waals surface area contributed by atoms with E-state index in [0.29, 0.717) is 29.1 Å². The van der Waals surface area contributed by atoms with Crippen LogP contribution in [0.2, 0.25) is 0 Å². The molecule has 0 amide bonds. The molecule has 0 fully saturated rings. The van der Waals surface area contributed by atoms with E-state index in [4.69, 9.17) is 10.7 Å². The summed E-state index contributed by atoms with van der Waals surface area (Å²) in [6.07, 6.45) is 7.98. The van der Waals surface area contributed by atoms with E-state index in [1.165, 1.54) is 0 Å². The highest BCUT2D eigenvalue weighted by atomic mass is 15.3. The van der Waals surface area contributed by atoms with E-state index in [2.05, 4.69) is 45.6 Å². The molecule has 0 unspecified atom stereocenters. The predicted molar refractivity (Wildman–Crippen MR) is 121 cm³/mol. The maximum atomic E-state index is 6.32. The average molecular weight is 402 g/mol. The number of aliphatic imine (C=N–C) groups is 1. The van der Waals surface area contributed by atoms with E-state index in [-0.39, 0.29) is 6.04 Å². The molecule has 1 aliphatic heterocycles. The van der Waals surface area contributed by atoms with E-state index in [0.717, 1.165) is 36.3 Å². The Morgan fingerprint density at radius 3 is 2.33 bits per heavy atom. The van der Waals surface area contributed by atoms with Crippen molar-refractivity contribution in [2.75, 3.05) is 4.90 Å². The molecule has 3 aromatic rings. The third-order valence-corrected chi connectivity index (χ3v) is 5.60. The third-order valence-electron chi connectivity index (χ3n) is 5.60. The van der Waals surface area contributed by atoms with Crippen LogP contribution in [0.5, 0.6) is 0 Å². The molecular weight excluding hydrogens is 374 g/mol. The van der Waals surface area contributed by atoms with Gasteiger partial charge in [0, 0.05) is 24.0 Å². The van der Waals surface area contributed by atoms with Gasteiger partial charge in [0.15, 0.2) is 11.6 Å². The van der Waals surface area contributed by atoms with Crippen LogP contribution in [0.3, 0.4) is 0 Å². The molecule has 1 aliphatic rings. The number of aromatic nitrogens is 4. The van der Waals surface area contributed by atoms with Crippen LogP contribution >= 0.6 is 0 Å². The number of hydrogen-bond donors (Lipinski definition) is 1. The van der Waals surface area contributed by atoms with Gasteiger partial charge in [0.1, 0.15) is 17.2 Å². The van der Waals surface area contributed by atoms with Gasteiger partial charge in [0.2, 0.25) is 0 Å². The molecule has 1 atom stereocenters. The molecule has 0 aliphatic carbocycles. The highest BCUT2D eigenvalue weighted by Crippen LogP contribution is 2.37. The Labute approximate surface area is 177 Å². The highest BCUT2D eigenvalue weighted by molar-refractivity contribution is 5.95. The molecule has 0 radical (unpaired) electrons. The zero-order valence-electron chi connectivity index (χ0n) is 17.7. The fourth-order valence-corrected chi connectivity index (χ4v) is 4.08. The van der Waals surface area contributed by atoms with Gasteiger partial charge < -0.3 is 10.6 Å².